The summed E-state index contributed by atoms with van der Waals surface area (Å²) in [6.45, 7) is 0.0725. The number of esters is 1. The highest BCUT2D eigenvalue weighted by Crippen LogP contribution is 2.43. The van der Waals surface area contributed by atoms with Gasteiger partial charge in [0.1, 0.15) is 18.3 Å². The number of rotatable bonds is 11. The molecular weight excluding hydrogens is 738 g/mol. The molecule has 0 spiro atoms. The summed E-state index contributed by atoms with van der Waals surface area (Å²) in [4.78, 5) is 35.3. The number of pyridine rings is 1. The van der Waals surface area contributed by atoms with Gasteiger partial charge in [-0.3, -0.25) is 4.79 Å². The van der Waals surface area contributed by atoms with Crippen LogP contribution in [0.2, 0.25) is 0 Å². The maximum Gasteiger partial charge on any atom is 0.418 e. The van der Waals surface area contributed by atoms with Crippen molar-refractivity contribution >= 4 is 23.4 Å². The quantitative estimate of drug-likeness (QED) is 0.173. The van der Waals surface area contributed by atoms with Crippen LogP contribution in [0.4, 0.5) is 32.2 Å². The van der Waals surface area contributed by atoms with Gasteiger partial charge in [0.15, 0.2) is 6.10 Å². The van der Waals surface area contributed by atoms with Gasteiger partial charge in [-0.1, -0.05) is 72.9 Å². The lowest BCUT2D eigenvalue weighted by molar-refractivity contribution is -0.190. The van der Waals surface area contributed by atoms with Gasteiger partial charge in [0, 0.05) is 36.5 Å². The van der Waals surface area contributed by atoms with E-state index < -0.39 is 53.3 Å². The number of anilines is 1. The minimum atomic E-state index is -5.01. The molecule has 0 bridgehead atoms. The van der Waals surface area contributed by atoms with E-state index in [-0.39, 0.29) is 73.6 Å². The lowest BCUT2D eigenvalue weighted by Crippen LogP contribution is -2.47. The van der Waals surface area contributed by atoms with E-state index in [4.69, 9.17) is 10.5 Å². The fourth-order valence-electron chi connectivity index (χ4n) is 7.99. The van der Waals surface area contributed by atoms with E-state index in [9.17, 15) is 41.0 Å². The summed E-state index contributed by atoms with van der Waals surface area (Å²) in [5.41, 5.74) is 5.78. The SMILES string of the molecule is NC(=C1C(CCCC(c2ccccc2)C2C=CC=CC2)=NC(=O)[C@@H](O)[C@H]1C(F)(F)F)C1CCN(c2cc(C(=O)OCC3=CCCC=C3)c(C(F)(F)F)cn2)CC1. The number of nitrogens with zero attached hydrogens (tertiary/aromatic N) is 3. The van der Waals surface area contributed by atoms with Crippen molar-refractivity contribution in [3.05, 3.63) is 119 Å². The minimum Gasteiger partial charge on any atom is -0.457 e. The van der Waals surface area contributed by atoms with Crippen molar-refractivity contribution in [2.45, 2.75) is 75.7 Å². The van der Waals surface area contributed by atoms with Gasteiger partial charge < -0.3 is 20.5 Å². The number of amides is 1. The summed E-state index contributed by atoms with van der Waals surface area (Å²) in [5, 5.41) is 10.6. The molecule has 1 aromatic carbocycles. The Bertz CT molecular complexity index is 1940. The number of ether oxygens (including phenoxy) is 1. The molecule has 1 amide bonds. The molecule has 298 valence electrons. The molecule has 4 aliphatic rings. The summed E-state index contributed by atoms with van der Waals surface area (Å²) in [6, 6.07) is 10.8. The van der Waals surface area contributed by atoms with Crippen molar-refractivity contribution in [3.63, 3.8) is 0 Å². The van der Waals surface area contributed by atoms with Crippen LogP contribution >= 0.6 is 0 Å². The molecule has 0 saturated carbocycles. The van der Waals surface area contributed by atoms with Gasteiger partial charge in [-0.05, 0) is 80.4 Å². The third-order valence-corrected chi connectivity index (χ3v) is 10.9. The van der Waals surface area contributed by atoms with Crippen LogP contribution in [-0.4, -0.2) is 59.7 Å². The molecule has 56 heavy (non-hydrogen) atoms. The normalized spacial score (nSPS) is 23.4. The Morgan fingerprint density at radius 1 is 1.04 bits per heavy atom. The summed E-state index contributed by atoms with van der Waals surface area (Å²) in [5.74, 6) is -5.35. The average molecular weight is 783 g/mol. The Balaban J connectivity index is 1.21. The molecule has 14 heteroatoms. The topological polar surface area (TPSA) is 118 Å². The Kier molecular flexibility index (Phi) is 12.7. The van der Waals surface area contributed by atoms with E-state index in [2.05, 4.69) is 22.1 Å². The third-order valence-electron chi connectivity index (χ3n) is 10.9. The van der Waals surface area contributed by atoms with Crippen LogP contribution in [0.15, 0.2) is 107 Å². The number of aromatic nitrogens is 1. The largest absolute Gasteiger partial charge is 0.457 e. The van der Waals surface area contributed by atoms with Gasteiger partial charge >= 0.3 is 18.3 Å². The zero-order chi connectivity index (χ0) is 40.0. The van der Waals surface area contributed by atoms with Crippen molar-refractivity contribution in [1.29, 1.82) is 0 Å². The lowest BCUT2D eigenvalue weighted by Gasteiger charge is -2.37. The zero-order valence-electron chi connectivity index (χ0n) is 30.6. The molecule has 1 saturated heterocycles. The zero-order valence-corrected chi connectivity index (χ0v) is 30.6. The van der Waals surface area contributed by atoms with Crippen molar-refractivity contribution < 1.29 is 45.8 Å². The third kappa shape index (κ3) is 9.51. The number of halogens is 6. The van der Waals surface area contributed by atoms with Crippen LogP contribution in [0.1, 0.15) is 78.8 Å². The molecule has 6 rings (SSSR count). The Morgan fingerprint density at radius 3 is 2.43 bits per heavy atom. The molecule has 2 aromatic rings. The smallest absolute Gasteiger partial charge is 0.418 e. The molecular formula is C42H44F6N4O4. The monoisotopic (exact) mass is 782 g/mol. The molecule has 1 aromatic heterocycles. The van der Waals surface area contributed by atoms with Crippen molar-refractivity contribution in [2.75, 3.05) is 24.6 Å². The van der Waals surface area contributed by atoms with Gasteiger partial charge in [0.25, 0.3) is 5.91 Å². The second kappa shape index (κ2) is 17.4. The number of allylic oxidation sites excluding steroid dienone is 7. The molecule has 2 aliphatic carbocycles. The standard InChI is InChI=1S/C42H44F6N4O4/c43-41(44,45)32-24-50-34(23-31(32)40(55)56-25-26-11-4-1-5-12-26)52-21-19-29(20-22-52)37(49)35-33(51-39(54)38(53)36(35)42(46,47)48)18-10-17-30(27-13-6-2-7-14-27)28-15-8-3-9-16-28/h2-4,6-9,11-15,23-24,28-30,36,38,53H,1,5,10,16-22,25,49H2/t28?,30?,36-,38-/m0/s1. The fourth-order valence-corrected chi connectivity index (χ4v) is 7.99. The first kappa shape index (κ1) is 40.7. The summed E-state index contributed by atoms with van der Waals surface area (Å²) in [6.07, 6.45) is 5.55. The first-order valence-corrected chi connectivity index (χ1v) is 18.8. The predicted molar refractivity (Wildman–Crippen MR) is 200 cm³/mol. The van der Waals surface area contributed by atoms with Crippen LogP contribution in [-0.2, 0) is 15.7 Å². The number of benzene rings is 1. The van der Waals surface area contributed by atoms with Crippen molar-refractivity contribution in [2.24, 2.45) is 28.5 Å². The number of aliphatic imine (C=N–C) groups is 1. The molecule has 1 fully saturated rings. The van der Waals surface area contributed by atoms with E-state index >= 15 is 0 Å². The molecule has 8 nitrogen and oxygen atoms in total. The Hall–Kier alpha value is -4.98. The second-order valence-corrected chi connectivity index (χ2v) is 14.5. The number of alkyl halides is 6. The maximum atomic E-state index is 14.7. The van der Waals surface area contributed by atoms with E-state index in [1.54, 1.807) is 11.0 Å². The number of carbonyl (C=O) groups is 2. The van der Waals surface area contributed by atoms with Crippen molar-refractivity contribution in [3.8, 4) is 0 Å². The number of aliphatic hydroxyl groups excluding tert-OH is 1. The number of carbonyl (C=O) groups excluding carboxylic acids is 2. The molecule has 2 aliphatic heterocycles. The molecule has 0 radical (unpaired) electrons. The fraction of sp³-hybridized carbons (Fsp3) is 0.429. The van der Waals surface area contributed by atoms with Crippen LogP contribution in [0.25, 0.3) is 0 Å². The molecule has 3 N–H and O–H groups in total. The number of hydrogen-bond donors (Lipinski definition) is 2. The van der Waals surface area contributed by atoms with E-state index in [1.165, 1.54) is 0 Å². The van der Waals surface area contributed by atoms with E-state index in [0.29, 0.717) is 24.6 Å². The highest BCUT2D eigenvalue weighted by Gasteiger charge is 2.53. The maximum absolute atomic E-state index is 14.7. The van der Waals surface area contributed by atoms with Crippen molar-refractivity contribution in [1.82, 2.24) is 4.98 Å². The van der Waals surface area contributed by atoms with Crippen LogP contribution in [0.5, 0.6) is 0 Å². The number of hydrogen-bond acceptors (Lipinski definition) is 7. The lowest BCUT2D eigenvalue weighted by atomic mass is 9.77. The summed E-state index contributed by atoms with van der Waals surface area (Å²) >= 11 is 0. The molecule has 2 unspecified atom stereocenters. The average Bonchev–Trinajstić information content (AvgIpc) is 3.19. The highest BCUT2D eigenvalue weighted by molar-refractivity contribution is 6.11. The predicted octanol–water partition coefficient (Wildman–Crippen LogP) is 8.57. The summed E-state index contributed by atoms with van der Waals surface area (Å²) in [7, 11) is 0. The summed E-state index contributed by atoms with van der Waals surface area (Å²) < 4.78 is 91.1. The van der Waals surface area contributed by atoms with Gasteiger partial charge in [0.2, 0.25) is 0 Å². The molecule has 4 atom stereocenters. The second-order valence-electron chi connectivity index (χ2n) is 14.5. The van der Waals surface area contributed by atoms with Gasteiger partial charge in [0.05, 0.1) is 16.8 Å². The van der Waals surface area contributed by atoms with Crippen LogP contribution in [0.3, 0.4) is 0 Å². The van der Waals surface area contributed by atoms with E-state index in [0.717, 1.165) is 30.9 Å². The van der Waals surface area contributed by atoms with Gasteiger partial charge in [-0.15, -0.1) is 0 Å². The number of nitrogens with two attached hydrogens (primary N) is 1. The Morgan fingerprint density at radius 2 is 1.79 bits per heavy atom. The Labute approximate surface area is 321 Å². The van der Waals surface area contributed by atoms with E-state index in [1.807, 2.05) is 54.6 Å². The van der Waals surface area contributed by atoms with Gasteiger partial charge in [-0.2, -0.15) is 26.3 Å². The first-order chi connectivity index (χ1) is 26.7. The van der Waals surface area contributed by atoms with Crippen LogP contribution < -0.4 is 10.6 Å². The van der Waals surface area contributed by atoms with Crippen LogP contribution in [0, 0.1) is 17.8 Å². The minimum absolute atomic E-state index is 0.0252. The number of piperidine rings is 1. The van der Waals surface area contributed by atoms with Gasteiger partial charge in [-0.25, -0.2) is 14.8 Å². The highest BCUT2D eigenvalue weighted by atomic mass is 19.4. The number of aliphatic hydroxyl groups is 1. The first-order valence-electron chi connectivity index (χ1n) is 18.8. The molecule has 3 heterocycles.